The van der Waals surface area contributed by atoms with Crippen LogP contribution < -0.4 is 15.0 Å². The lowest BCUT2D eigenvalue weighted by Crippen LogP contribution is -2.54. The average molecular weight is 450 g/mol. The van der Waals surface area contributed by atoms with Crippen molar-refractivity contribution in [1.82, 2.24) is 10.2 Å². The first-order valence-electron chi connectivity index (χ1n) is 11.3. The molecule has 2 rings (SSSR count). The lowest BCUT2D eigenvalue weighted by atomic mass is 10.1. The molecular weight excluding hydrogens is 414 g/mol. The third kappa shape index (κ3) is 7.49. The lowest BCUT2D eigenvalue weighted by molar-refractivity contribution is -0.141. The molecule has 1 heterocycles. The Bertz CT molecular complexity index is 766. The largest absolute Gasteiger partial charge is 0.489 e. The molecule has 178 valence electrons. The molecule has 9 nitrogen and oxygen atoms in total. The molecule has 2 atom stereocenters. The number of aliphatic carboxylic acids is 2. The van der Waals surface area contributed by atoms with Crippen LogP contribution in [0.3, 0.4) is 0 Å². The summed E-state index contributed by atoms with van der Waals surface area (Å²) in [6.07, 6.45) is 4.11. The van der Waals surface area contributed by atoms with Crippen LogP contribution in [0.2, 0.25) is 0 Å². The number of hydrogen-bond acceptors (Lipinski definition) is 6. The second-order valence-electron chi connectivity index (χ2n) is 8.04. The van der Waals surface area contributed by atoms with Crippen LogP contribution in [0.4, 0.5) is 5.69 Å². The number of carboxylic acid groups (broad SMARTS) is 2. The third-order valence-corrected chi connectivity index (χ3v) is 5.42. The van der Waals surface area contributed by atoms with Crippen LogP contribution in [-0.2, 0) is 14.4 Å². The van der Waals surface area contributed by atoms with Gasteiger partial charge in [-0.15, -0.1) is 0 Å². The molecule has 0 aromatic heterocycles. The minimum absolute atomic E-state index is 0.0729. The maximum atomic E-state index is 13.1. The fourth-order valence-electron chi connectivity index (χ4n) is 3.94. The van der Waals surface area contributed by atoms with E-state index in [2.05, 4.69) is 24.1 Å². The third-order valence-electron chi connectivity index (χ3n) is 5.42. The molecule has 0 saturated heterocycles. The highest BCUT2D eigenvalue weighted by molar-refractivity contribution is 6.02. The number of carbonyl (C=O) groups excluding carboxylic acids is 1. The minimum Gasteiger partial charge on any atom is -0.489 e. The topological polar surface area (TPSA) is 119 Å². The predicted octanol–water partition coefficient (Wildman–Crippen LogP) is 2.20. The van der Waals surface area contributed by atoms with Gasteiger partial charge in [-0.05, 0) is 57.5 Å². The van der Waals surface area contributed by atoms with Crippen molar-refractivity contribution in [3.8, 4) is 5.75 Å². The number of unbranched alkanes of at least 4 members (excludes halogenated alkanes) is 1. The number of hydrogen-bond donors (Lipinski definition) is 3. The van der Waals surface area contributed by atoms with Gasteiger partial charge < -0.3 is 19.8 Å². The second-order valence-corrected chi connectivity index (χ2v) is 8.04. The van der Waals surface area contributed by atoms with E-state index in [0.717, 1.165) is 43.8 Å². The van der Waals surface area contributed by atoms with Crippen molar-refractivity contribution in [3.05, 3.63) is 24.3 Å². The maximum Gasteiger partial charge on any atom is 0.323 e. The minimum atomic E-state index is -1.16. The summed E-state index contributed by atoms with van der Waals surface area (Å²) in [5.41, 5.74) is 0.364. The Labute approximate surface area is 189 Å². The number of amides is 1. The zero-order valence-corrected chi connectivity index (χ0v) is 19.0. The molecule has 0 saturated carbocycles. The van der Waals surface area contributed by atoms with E-state index in [0.29, 0.717) is 24.3 Å². The number of para-hydroxylation sites is 2. The number of carboxylic acids is 2. The molecular formula is C23H35N3O6. The first-order valence-corrected chi connectivity index (χ1v) is 11.3. The molecule has 32 heavy (non-hydrogen) atoms. The van der Waals surface area contributed by atoms with Crippen molar-refractivity contribution in [1.29, 1.82) is 0 Å². The fourth-order valence-corrected chi connectivity index (χ4v) is 3.94. The summed E-state index contributed by atoms with van der Waals surface area (Å²) in [4.78, 5) is 39.8. The van der Waals surface area contributed by atoms with Crippen LogP contribution in [0.1, 0.15) is 46.0 Å². The zero-order chi connectivity index (χ0) is 23.5. The number of fused-ring (bicyclic) bond motifs is 1. The van der Waals surface area contributed by atoms with Crippen molar-refractivity contribution in [2.45, 2.75) is 58.0 Å². The van der Waals surface area contributed by atoms with Gasteiger partial charge in [0.25, 0.3) is 0 Å². The smallest absolute Gasteiger partial charge is 0.323 e. The molecule has 0 fully saturated rings. The normalized spacial score (nSPS) is 16.9. The highest BCUT2D eigenvalue weighted by Gasteiger charge is 2.35. The molecule has 0 radical (unpaired) electrons. The Morgan fingerprint density at radius 2 is 1.84 bits per heavy atom. The van der Waals surface area contributed by atoms with Crippen LogP contribution in [0.25, 0.3) is 0 Å². The van der Waals surface area contributed by atoms with Gasteiger partial charge in [-0.25, -0.2) is 0 Å². The van der Waals surface area contributed by atoms with Gasteiger partial charge in [-0.2, -0.15) is 0 Å². The number of rotatable bonds is 14. The molecule has 1 aliphatic heterocycles. The van der Waals surface area contributed by atoms with Crippen LogP contribution in [0.15, 0.2) is 24.3 Å². The molecule has 0 aliphatic carbocycles. The summed E-state index contributed by atoms with van der Waals surface area (Å²) in [7, 11) is 0. The summed E-state index contributed by atoms with van der Waals surface area (Å²) in [6, 6.07) is 4.82. The van der Waals surface area contributed by atoms with Crippen LogP contribution >= 0.6 is 0 Å². The van der Waals surface area contributed by atoms with E-state index in [4.69, 9.17) is 4.74 Å². The number of anilines is 1. The first kappa shape index (κ1) is 25.6. The van der Waals surface area contributed by atoms with Crippen molar-refractivity contribution < 1.29 is 29.3 Å². The van der Waals surface area contributed by atoms with E-state index in [1.807, 2.05) is 0 Å². The Kier molecular flexibility index (Phi) is 10.4. The van der Waals surface area contributed by atoms with E-state index in [-0.39, 0.29) is 6.61 Å². The van der Waals surface area contributed by atoms with Crippen LogP contribution in [0.5, 0.6) is 5.75 Å². The SMILES string of the molecule is CCCN(CCC)CCCC[C@H](NC1COc2ccccc2N(CC(=O)O)C1=O)C(=O)O. The fraction of sp³-hybridized carbons (Fsp3) is 0.609. The van der Waals surface area contributed by atoms with Gasteiger partial charge in [0, 0.05) is 0 Å². The van der Waals surface area contributed by atoms with E-state index < -0.39 is 36.5 Å². The zero-order valence-electron chi connectivity index (χ0n) is 19.0. The van der Waals surface area contributed by atoms with Gasteiger partial charge in [0.2, 0.25) is 5.91 Å². The quantitative estimate of drug-likeness (QED) is 0.370. The van der Waals surface area contributed by atoms with Crippen molar-refractivity contribution >= 4 is 23.5 Å². The molecule has 1 unspecified atom stereocenters. The number of nitrogens with one attached hydrogen (secondary N) is 1. The Hall–Kier alpha value is -2.65. The standard InChI is InChI=1S/C23H35N3O6/c1-3-12-25(13-4-2)14-8-7-9-17(23(30)31)24-18-16-32-20-11-6-5-10-19(20)26(22(18)29)15-21(27)28/h5-6,10-11,17-18,24H,3-4,7-9,12-16H2,1-2H3,(H,27,28)(H,30,31)/t17-,18?/m0/s1. The molecule has 0 bridgehead atoms. The van der Waals surface area contributed by atoms with Crippen LogP contribution in [0, 0.1) is 0 Å². The van der Waals surface area contributed by atoms with Gasteiger partial charge in [-0.1, -0.05) is 32.4 Å². The Morgan fingerprint density at radius 3 is 2.47 bits per heavy atom. The van der Waals surface area contributed by atoms with E-state index in [1.54, 1.807) is 24.3 Å². The van der Waals surface area contributed by atoms with E-state index >= 15 is 0 Å². The summed E-state index contributed by atoms with van der Waals surface area (Å²) >= 11 is 0. The van der Waals surface area contributed by atoms with Crippen molar-refractivity contribution in [2.24, 2.45) is 0 Å². The molecule has 1 aliphatic rings. The number of nitrogens with zero attached hydrogens (tertiary/aromatic N) is 2. The van der Waals surface area contributed by atoms with Gasteiger partial charge in [-0.3, -0.25) is 24.6 Å². The molecule has 1 aromatic rings. The van der Waals surface area contributed by atoms with E-state index in [9.17, 15) is 24.6 Å². The highest BCUT2D eigenvalue weighted by atomic mass is 16.5. The van der Waals surface area contributed by atoms with Gasteiger partial charge in [0.15, 0.2) is 0 Å². The summed E-state index contributed by atoms with van der Waals surface area (Å²) in [5, 5.41) is 21.9. The lowest BCUT2D eigenvalue weighted by Gasteiger charge is -2.25. The average Bonchev–Trinajstić information content (AvgIpc) is 2.87. The summed E-state index contributed by atoms with van der Waals surface area (Å²) < 4.78 is 5.72. The predicted molar refractivity (Wildman–Crippen MR) is 121 cm³/mol. The monoisotopic (exact) mass is 449 g/mol. The number of ether oxygens (including phenoxy) is 1. The van der Waals surface area contributed by atoms with Gasteiger partial charge in [0.1, 0.15) is 31.0 Å². The second kappa shape index (κ2) is 13.0. The first-order chi connectivity index (χ1) is 15.4. The van der Waals surface area contributed by atoms with Crippen molar-refractivity contribution in [3.63, 3.8) is 0 Å². The molecule has 1 aromatic carbocycles. The Morgan fingerprint density at radius 1 is 1.16 bits per heavy atom. The molecule has 9 heteroatoms. The number of carbonyl (C=O) groups is 3. The highest BCUT2D eigenvalue weighted by Crippen LogP contribution is 2.31. The van der Waals surface area contributed by atoms with Gasteiger partial charge in [0.05, 0.1) is 5.69 Å². The summed E-state index contributed by atoms with van der Waals surface area (Å²) in [6.45, 7) is 6.66. The van der Waals surface area contributed by atoms with Crippen LogP contribution in [-0.4, -0.2) is 77.8 Å². The molecule has 0 spiro atoms. The molecule has 3 N–H and O–H groups in total. The van der Waals surface area contributed by atoms with E-state index in [1.165, 1.54) is 0 Å². The van der Waals surface area contributed by atoms with Crippen molar-refractivity contribution in [2.75, 3.05) is 37.7 Å². The van der Waals surface area contributed by atoms with Gasteiger partial charge >= 0.3 is 11.9 Å². The molecule has 1 amide bonds. The maximum absolute atomic E-state index is 13.1. The Balaban J connectivity index is 2.01. The number of benzene rings is 1. The summed E-state index contributed by atoms with van der Waals surface area (Å²) in [5.74, 6) is -2.32.